The average Bonchev–Trinajstić information content (AvgIpc) is 3.44. The number of hydrogen-bond acceptors (Lipinski definition) is 9. The molecule has 1 heterocycles. The molecule has 0 saturated carbocycles. The van der Waals surface area contributed by atoms with Gasteiger partial charge in [-0.25, -0.2) is 4.98 Å². The molecule has 0 unspecified atom stereocenters. The zero-order valence-corrected chi connectivity index (χ0v) is 21.2. The van der Waals surface area contributed by atoms with Crippen LogP contribution in [0.1, 0.15) is 6.42 Å². The number of aliphatic hydroxyl groups excluding tert-OH is 2. The van der Waals surface area contributed by atoms with E-state index in [0.29, 0.717) is 30.2 Å². The van der Waals surface area contributed by atoms with Crippen LogP contribution in [0.3, 0.4) is 0 Å². The number of nitrogen functional groups attached to an aromatic ring is 1. The SMILES string of the molecule is Nc1cc(O)c(Nc2ccc(NCCCn3ccnc3)cc2)cc1Nc1ccc(N(CCO)CCO)cc1. The third-order valence-electron chi connectivity index (χ3n) is 6.06. The number of phenols is 1. The number of benzene rings is 3. The Morgan fingerprint density at radius 1 is 0.842 bits per heavy atom. The number of rotatable bonds is 14. The van der Waals surface area contributed by atoms with Crippen LogP contribution in [0.15, 0.2) is 79.4 Å². The predicted octanol–water partition coefficient (Wildman–Crippen LogP) is 3.95. The van der Waals surface area contributed by atoms with Gasteiger partial charge in [-0.1, -0.05) is 0 Å². The van der Waals surface area contributed by atoms with Crippen LogP contribution >= 0.6 is 0 Å². The van der Waals surface area contributed by atoms with Crippen molar-refractivity contribution in [3.05, 3.63) is 79.4 Å². The molecule has 0 aliphatic heterocycles. The van der Waals surface area contributed by atoms with Crippen molar-refractivity contribution in [1.29, 1.82) is 0 Å². The summed E-state index contributed by atoms with van der Waals surface area (Å²) in [6.07, 6.45) is 6.54. The van der Waals surface area contributed by atoms with Crippen molar-refractivity contribution < 1.29 is 15.3 Å². The number of aromatic hydroxyl groups is 1. The summed E-state index contributed by atoms with van der Waals surface area (Å²) in [5.74, 6) is 0.0498. The number of imidazole rings is 1. The topological polar surface area (TPSA) is 144 Å². The molecule has 38 heavy (non-hydrogen) atoms. The zero-order chi connectivity index (χ0) is 26.7. The van der Waals surface area contributed by atoms with Crippen molar-refractivity contribution in [3.63, 3.8) is 0 Å². The van der Waals surface area contributed by atoms with E-state index >= 15 is 0 Å². The molecular formula is C28H35N7O3. The van der Waals surface area contributed by atoms with Crippen LogP contribution < -0.4 is 26.6 Å². The van der Waals surface area contributed by atoms with Crippen LogP contribution in [0, 0.1) is 0 Å². The van der Waals surface area contributed by atoms with Gasteiger partial charge < -0.3 is 46.5 Å². The molecule has 0 radical (unpaired) electrons. The first-order valence-electron chi connectivity index (χ1n) is 12.6. The maximum Gasteiger partial charge on any atom is 0.141 e. The van der Waals surface area contributed by atoms with Gasteiger partial charge in [0, 0.05) is 67.4 Å². The van der Waals surface area contributed by atoms with Gasteiger partial charge in [-0.05, 0) is 61.0 Å². The maximum atomic E-state index is 10.5. The van der Waals surface area contributed by atoms with Crippen molar-refractivity contribution in [3.8, 4) is 5.75 Å². The first-order valence-corrected chi connectivity index (χ1v) is 12.6. The van der Waals surface area contributed by atoms with Crippen molar-refractivity contribution in [2.45, 2.75) is 13.0 Å². The van der Waals surface area contributed by atoms with E-state index in [1.807, 2.05) is 66.0 Å². The van der Waals surface area contributed by atoms with Gasteiger partial charge >= 0.3 is 0 Å². The third kappa shape index (κ3) is 7.31. The number of anilines is 7. The zero-order valence-electron chi connectivity index (χ0n) is 21.2. The van der Waals surface area contributed by atoms with Gasteiger partial charge in [-0.2, -0.15) is 0 Å². The van der Waals surface area contributed by atoms with Gasteiger partial charge in [0.1, 0.15) is 5.75 Å². The van der Waals surface area contributed by atoms with E-state index in [1.165, 1.54) is 6.07 Å². The summed E-state index contributed by atoms with van der Waals surface area (Å²) in [4.78, 5) is 5.96. The molecular weight excluding hydrogens is 482 g/mol. The molecule has 0 bridgehead atoms. The van der Waals surface area contributed by atoms with Crippen molar-refractivity contribution in [1.82, 2.24) is 9.55 Å². The average molecular weight is 518 g/mol. The normalized spacial score (nSPS) is 10.8. The minimum absolute atomic E-state index is 0.00597. The largest absolute Gasteiger partial charge is 0.506 e. The molecule has 0 spiro atoms. The van der Waals surface area contributed by atoms with Crippen LogP contribution in [-0.4, -0.2) is 57.7 Å². The molecule has 0 saturated heterocycles. The lowest BCUT2D eigenvalue weighted by Gasteiger charge is -2.23. The van der Waals surface area contributed by atoms with E-state index < -0.39 is 0 Å². The smallest absolute Gasteiger partial charge is 0.141 e. The van der Waals surface area contributed by atoms with E-state index in [1.54, 1.807) is 12.3 Å². The molecule has 0 atom stereocenters. The Hall–Kier alpha value is -4.41. The van der Waals surface area contributed by atoms with E-state index in [9.17, 15) is 15.3 Å². The second kappa shape index (κ2) is 13.2. The first-order chi connectivity index (χ1) is 18.6. The Labute approximate surface area is 222 Å². The lowest BCUT2D eigenvalue weighted by atomic mass is 10.2. The highest BCUT2D eigenvalue weighted by Gasteiger charge is 2.10. The van der Waals surface area contributed by atoms with Crippen molar-refractivity contribution in [2.24, 2.45) is 0 Å². The molecule has 10 nitrogen and oxygen atoms in total. The minimum atomic E-state index is 0.00597. The molecule has 0 fully saturated rings. The Bertz CT molecular complexity index is 1260. The highest BCUT2D eigenvalue weighted by atomic mass is 16.3. The molecule has 0 aliphatic rings. The van der Waals surface area contributed by atoms with E-state index in [0.717, 1.165) is 42.3 Å². The summed E-state index contributed by atoms with van der Waals surface area (Å²) in [5.41, 5.74) is 11.3. The van der Waals surface area contributed by atoms with Gasteiger partial charge in [-0.3, -0.25) is 0 Å². The third-order valence-corrected chi connectivity index (χ3v) is 6.06. The van der Waals surface area contributed by atoms with Gasteiger partial charge in [-0.15, -0.1) is 0 Å². The molecule has 10 heteroatoms. The Morgan fingerprint density at radius 3 is 2.11 bits per heavy atom. The lowest BCUT2D eigenvalue weighted by Crippen LogP contribution is -2.29. The van der Waals surface area contributed by atoms with E-state index in [2.05, 4.69) is 25.5 Å². The van der Waals surface area contributed by atoms with Gasteiger partial charge in [0.2, 0.25) is 0 Å². The van der Waals surface area contributed by atoms with Crippen LogP contribution in [0.25, 0.3) is 0 Å². The summed E-state index contributed by atoms with van der Waals surface area (Å²) in [5, 5.41) is 39.0. The molecule has 4 rings (SSSR count). The van der Waals surface area contributed by atoms with Crippen LogP contribution in [0.5, 0.6) is 5.75 Å². The molecule has 4 aromatic rings. The number of aryl methyl sites for hydroxylation is 1. The second-order valence-electron chi connectivity index (χ2n) is 8.85. The number of aliphatic hydroxyl groups is 2. The Balaban J connectivity index is 1.36. The monoisotopic (exact) mass is 517 g/mol. The van der Waals surface area contributed by atoms with Gasteiger partial charge in [0.05, 0.1) is 36.6 Å². The number of nitrogens with zero attached hydrogens (tertiary/aromatic N) is 3. The molecule has 1 aromatic heterocycles. The van der Waals surface area contributed by atoms with Crippen molar-refractivity contribution in [2.75, 3.05) is 59.4 Å². The van der Waals surface area contributed by atoms with Gasteiger partial charge in [0.25, 0.3) is 0 Å². The van der Waals surface area contributed by atoms with Crippen LogP contribution in [0.4, 0.5) is 39.8 Å². The van der Waals surface area contributed by atoms with Crippen molar-refractivity contribution >= 4 is 39.8 Å². The summed E-state index contributed by atoms with van der Waals surface area (Å²) >= 11 is 0. The van der Waals surface area contributed by atoms with Crippen LogP contribution in [-0.2, 0) is 6.54 Å². The fraction of sp³-hybridized carbons (Fsp3) is 0.250. The molecule has 3 aromatic carbocycles. The minimum Gasteiger partial charge on any atom is -0.506 e. The van der Waals surface area contributed by atoms with Crippen LogP contribution in [0.2, 0.25) is 0 Å². The van der Waals surface area contributed by atoms with E-state index in [4.69, 9.17) is 5.73 Å². The maximum absolute atomic E-state index is 10.5. The Morgan fingerprint density at radius 2 is 1.47 bits per heavy atom. The highest BCUT2D eigenvalue weighted by molar-refractivity contribution is 5.82. The first kappa shape index (κ1) is 26.6. The lowest BCUT2D eigenvalue weighted by molar-refractivity contribution is 0.281. The number of nitrogens with two attached hydrogens (primary N) is 1. The summed E-state index contributed by atoms with van der Waals surface area (Å²) in [7, 11) is 0. The Kier molecular flexibility index (Phi) is 9.27. The summed E-state index contributed by atoms with van der Waals surface area (Å²) < 4.78 is 2.05. The number of phenolic OH excluding ortho intramolecular Hbond substituents is 1. The fourth-order valence-electron chi connectivity index (χ4n) is 4.08. The van der Waals surface area contributed by atoms with E-state index in [-0.39, 0.29) is 19.0 Å². The molecule has 0 aliphatic carbocycles. The standard InChI is InChI=1S/C28H35N7O3/c29-25-18-28(38)27(19-26(25)32-23-6-8-24(9-7-23)35(14-16-36)15-17-37)33-22-4-2-21(3-5-22)31-10-1-12-34-13-11-30-20-34/h2-9,11,13,18-20,31-33,36-38H,1,10,12,14-17,29H2. The quantitative estimate of drug-likeness (QED) is 0.0572. The predicted molar refractivity (Wildman–Crippen MR) is 154 cm³/mol. The number of hydrogen-bond donors (Lipinski definition) is 7. The number of aromatic nitrogens is 2. The molecule has 200 valence electrons. The second-order valence-corrected chi connectivity index (χ2v) is 8.85. The highest BCUT2D eigenvalue weighted by Crippen LogP contribution is 2.36. The summed E-state index contributed by atoms with van der Waals surface area (Å²) in [6.45, 7) is 2.65. The molecule has 8 N–H and O–H groups in total. The number of nitrogens with one attached hydrogen (secondary N) is 3. The molecule has 0 amide bonds. The van der Waals surface area contributed by atoms with Gasteiger partial charge in [0.15, 0.2) is 0 Å². The summed E-state index contributed by atoms with van der Waals surface area (Å²) in [6, 6.07) is 18.8. The fourth-order valence-corrected chi connectivity index (χ4v) is 4.08.